The van der Waals surface area contributed by atoms with Crippen LogP contribution in [0, 0.1) is 18.8 Å². The summed E-state index contributed by atoms with van der Waals surface area (Å²) < 4.78 is 0. The number of aromatic amines is 1. The predicted molar refractivity (Wildman–Crippen MR) is 86.8 cm³/mol. The van der Waals surface area contributed by atoms with Crippen LogP contribution < -0.4 is 0 Å². The van der Waals surface area contributed by atoms with E-state index in [-0.39, 0.29) is 0 Å². The van der Waals surface area contributed by atoms with Gasteiger partial charge in [0, 0.05) is 23.8 Å². The van der Waals surface area contributed by atoms with E-state index >= 15 is 0 Å². The molecule has 2 aromatic rings. The normalized spacial score (nSPS) is 12.0. The molecule has 0 amide bonds. The Balaban J connectivity index is 2.04. The fourth-order valence-electron chi connectivity index (χ4n) is 2.13. The van der Waals surface area contributed by atoms with Crippen molar-refractivity contribution in [1.29, 1.82) is 0 Å². The molecule has 0 unspecified atom stereocenters. The average molecular weight is 281 g/mol. The SMILES string of the molecule is CC[C@H](C)N(CC#Cc1ccccc1)Cc1nc[nH]c1C. The van der Waals surface area contributed by atoms with Crippen LogP contribution in [0.25, 0.3) is 0 Å². The lowest BCUT2D eigenvalue weighted by Crippen LogP contribution is -2.32. The van der Waals surface area contributed by atoms with Crippen molar-refractivity contribution < 1.29 is 0 Å². The van der Waals surface area contributed by atoms with E-state index in [1.165, 1.54) is 0 Å². The molecule has 1 heterocycles. The van der Waals surface area contributed by atoms with E-state index in [0.717, 1.165) is 36.5 Å². The summed E-state index contributed by atoms with van der Waals surface area (Å²) in [4.78, 5) is 9.91. The summed E-state index contributed by atoms with van der Waals surface area (Å²) in [5.74, 6) is 6.52. The van der Waals surface area contributed by atoms with Gasteiger partial charge in [0.05, 0.1) is 18.6 Å². The van der Waals surface area contributed by atoms with E-state index in [1.54, 1.807) is 6.33 Å². The van der Waals surface area contributed by atoms with Crippen LogP contribution in [0.5, 0.6) is 0 Å². The van der Waals surface area contributed by atoms with Crippen molar-refractivity contribution in [2.45, 2.75) is 39.8 Å². The van der Waals surface area contributed by atoms with Gasteiger partial charge in [0.15, 0.2) is 0 Å². The van der Waals surface area contributed by atoms with Crippen molar-refractivity contribution in [2.75, 3.05) is 6.54 Å². The molecule has 3 heteroatoms. The highest BCUT2D eigenvalue weighted by atomic mass is 15.2. The molecule has 0 bridgehead atoms. The quantitative estimate of drug-likeness (QED) is 0.852. The Morgan fingerprint density at radius 3 is 2.67 bits per heavy atom. The second-order valence-electron chi connectivity index (χ2n) is 5.30. The largest absolute Gasteiger partial charge is 0.348 e. The minimum atomic E-state index is 0.492. The molecule has 1 aromatic heterocycles. The molecular weight excluding hydrogens is 258 g/mol. The highest BCUT2D eigenvalue weighted by Crippen LogP contribution is 2.10. The van der Waals surface area contributed by atoms with Crippen LogP contribution >= 0.6 is 0 Å². The molecule has 0 aliphatic heterocycles. The topological polar surface area (TPSA) is 31.9 Å². The Morgan fingerprint density at radius 2 is 2.05 bits per heavy atom. The molecule has 3 nitrogen and oxygen atoms in total. The number of nitrogens with one attached hydrogen (secondary N) is 1. The van der Waals surface area contributed by atoms with Gasteiger partial charge in [-0.1, -0.05) is 37.0 Å². The molecule has 0 aliphatic carbocycles. The van der Waals surface area contributed by atoms with Gasteiger partial charge in [0.25, 0.3) is 0 Å². The third-order valence-electron chi connectivity index (χ3n) is 3.79. The van der Waals surface area contributed by atoms with E-state index in [4.69, 9.17) is 0 Å². The van der Waals surface area contributed by atoms with E-state index < -0.39 is 0 Å². The zero-order chi connectivity index (χ0) is 15.1. The minimum Gasteiger partial charge on any atom is -0.348 e. The van der Waals surface area contributed by atoms with E-state index in [9.17, 15) is 0 Å². The van der Waals surface area contributed by atoms with Crippen molar-refractivity contribution in [3.63, 3.8) is 0 Å². The van der Waals surface area contributed by atoms with E-state index in [0.29, 0.717) is 6.04 Å². The third-order valence-corrected chi connectivity index (χ3v) is 3.79. The fourth-order valence-corrected chi connectivity index (χ4v) is 2.13. The minimum absolute atomic E-state index is 0.492. The van der Waals surface area contributed by atoms with E-state index in [1.807, 2.05) is 30.3 Å². The van der Waals surface area contributed by atoms with Crippen molar-refractivity contribution in [2.24, 2.45) is 0 Å². The smallest absolute Gasteiger partial charge is 0.0925 e. The summed E-state index contributed by atoms with van der Waals surface area (Å²) in [5.41, 5.74) is 3.31. The molecule has 0 saturated carbocycles. The number of imidazole rings is 1. The summed E-state index contributed by atoms with van der Waals surface area (Å²) in [5, 5.41) is 0. The van der Waals surface area contributed by atoms with E-state index in [2.05, 4.69) is 47.5 Å². The molecule has 1 aromatic carbocycles. The van der Waals surface area contributed by atoms with Gasteiger partial charge in [0.1, 0.15) is 0 Å². The van der Waals surface area contributed by atoms with Gasteiger partial charge >= 0.3 is 0 Å². The van der Waals surface area contributed by atoms with Gasteiger partial charge in [-0.15, -0.1) is 0 Å². The molecule has 0 spiro atoms. The zero-order valence-electron chi connectivity index (χ0n) is 13.1. The van der Waals surface area contributed by atoms with Gasteiger partial charge < -0.3 is 4.98 Å². The highest BCUT2D eigenvalue weighted by molar-refractivity contribution is 5.33. The molecule has 0 saturated heterocycles. The van der Waals surface area contributed by atoms with Crippen LogP contribution in [0.15, 0.2) is 36.7 Å². The number of benzene rings is 1. The molecule has 1 atom stereocenters. The monoisotopic (exact) mass is 281 g/mol. The van der Waals surface area contributed by atoms with Crippen molar-refractivity contribution in [3.05, 3.63) is 53.6 Å². The van der Waals surface area contributed by atoms with Gasteiger partial charge in [-0.3, -0.25) is 4.90 Å². The lowest BCUT2D eigenvalue weighted by Gasteiger charge is -2.25. The first-order chi connectivity index (χ1) is 10.2. The zero-order valence-corrected chi connectivity index (χ0v) is 13.1. The van der Waals surface area contributed by atoms with Gasteiger partial charge in [0.2, 0.25) is 0 Å². The number of H-pyrrole nitrogens is 1. The Bertz CT molecular complexity index is 604. The maximum Gasteiger partial charge on any atom is 0.0925 e. The first-order valence-corrected chi connectivity index (χ1v) is 7.47. The predicted octanol–water partition coefficient (Wildman–Crippen LogP) is 3.37. The highest BCUT2D eigenvalue weighted by Gasteiger charge is 2.13. The van der Waals surface area contributed by atoms with Gasteiger partial charge in [-0.2, -0.15) is 0 Å². The maximum absolute atomic E-state index is 4.39. The maximum atomic E-state index is 4.39. The second kappa shape index (κ2) is 7.66. The fraction of sp³-hybridized carbons (Fsp3) is 0.389. The lowest BCUT2D eigenvalue weighted by molar-refractivity contribution is 0.218. The molecule has 0 fully saturated rings. The summed E-state index contributed by atoms with van der Waals surface area (Å²) >= 11 is 0. The second-order valence-corrected chi connectivity index (χ2v) is 5.30. The summed E-state index contributed by atoms with van der Waals surface area (Å²) in [7, 11) is 0. The molecule has 0 radical (unpaired) electrons. The van der Waals surface area contributed by atoms with Crippen LogP contribution in [0.1, 0.15) is 37.2 Å². The molecule has 0 aliphatic rings. The molecule has 1 N–H and O–H groups in total. The van der Waals surface area contributed by atoms with Crippen molar-refractivity contribution >= 4 is 0 Å². The number of aryl methyl sites for hydroxylation is 1. The Morgan fingerprint density at radius 1 is 1.29 bits per heavy atom. The molecule has 2 rings (SSSR count). The lowest BCUT2D eigenvalue weighted by atomic mass is 10.2. The Hall–Kier alpha value is -2.05. The van der Waals surface area contributed by atoms with Crippen molar-refractivity contribution in [3.8, 4) is 11.8 Å². The van der Waals surface area contributed by atoms with Crippen molar-refractivity contribution in [1.82, 2.24) is 14.9 Å². The van der Waals surface area contributed by atoms with Crippen LogP contribution in [0.3, 0.4) is 0 Å². The summed E-state index contributed by atoms with van der Waals surface area (Å²) in [6, 6.07) is 10.6. The van der Waals surface area contributed by atoms with Crippen LogP contribution in [0.2, 0.25) is 0 Å². The molecule has 110 valence electrons. The number of hydrogen-bond acceptors (Lipinski definition) is 2. The third kappa shape index (κ3) is 4.47. The number of aromatic nitrogens is 2. The number of hydrogen-bond donors (Lipinski definition) is 1. The van der Waals surface area contributed by atoms with Gasteiger partial charge in [-0.25, -0.2) is 4.98 Å². The first-order valence-electron chi connectivity index (χ1n) is 7.47. The Kier molecular flexibility index (Phi) is 5.59. The summed E-state index contributed by atoms with van der Waals surface area (Å²) in [6.45, 7) is 8.11. The average Bonchev–Trinajstić information content (AvgIpc) is 2.91. The standard InChI is InChI=1S/C18H23N3/c1-4-15(2)21(13-18-16(3)19-14-20-18)12-8-11-17-9-6-5-7-10-17/h5-7,9-10,14-15H,4,12-13H2,1-3H3,(H,19,20)/t15-/m0/s1. The van der Waals surface area contributed by atoms with Crippen LogP contribution in [-0.4, -0.2) is 27.5 Å². The molecular formula is C18H23N3. The Labute approximate surface area is 127 Å². The van der Waals surface area contributed by atoms with Gasteiger partial charge in [-0.05, 0) is 32.4 Å². The number of rotatable bonds is 5. The van der Waals surface area contributed by atoms with Crippen LogP contribution in [0.4, 0.5) is 0 Å². The summed E-state index contributed by atoms with van der Waals surface area (Å²) in [6.07, 6.45) is 2.87. The number of nitrogens with zero attached hydrogens (tertiary/aromatic N) is 2. The first kappa shape index (κ1) is 15.3. The molecule has 21 heavy (non-hydrogen) atoms. The van der Waals surface area contributed by atoms with Crippen LogP contribution in [-0.2, 0) is 6.54 Å².